The van der Waals surface area contributed by atoms with Crippen LogP contribution in [0.4, 0.5) is 4.79 Å². The third kappa shape index (κ3) is 9.22. The number of methoxy groups -OCH3 is 1. The van der Waals surface area contributed by atoms with E-state index >= 15 is 0 Å². The van der Waals surface area contributed by atoms with Crippen molar-refractivity contribution in [2.45, 2.75) is 39.6 Å². The topological polar surface area (TPSA) is 149 Å². The number of nitrogens with one attached hydrogen (secondary N) is 3. The number of carbonyl (C=O) groups is 2. The molecule has 4 N–H and O–H groups in total. The number of aliphatic hydroxyl groups is 1. The van der Waals surface area contributed by atoms with Gasteiger partial charge in [-0.25, -0.2) is 9.59 Å². The summed E-state index contributed by atoms with van der Waals surface area (Å²) in [6.07, 6.45) is 0.276. The van der Waals surface area contributed by atoms with E-state index in [1.807, 2.05) is 25.1 Å². The van der Waals surface area contributed by atoms with Crippen molar-refractivity contribution in [3.8, 4) is 23.0 Å². The smallest absolute Gasteiger partial charge is 0.337 e. The average Bonchev–Trinajstić information content (AvgIpc) is 3.04. The number of hydrogen-bond acceptors (Lipinski definition) is 10. The van der Waals surface area contributed by atoms with Crippen molar-refractivity contribution in [2.24, 2.45) is 5.10 Å². The standard InChI is InChI=1S/C33H36Cl2N4O8/c1-5-44-26-15-21(30-29(32(41)43-4)19(3)37-33(42)38-30)11-12-25(26)46-18-28(40)39-36-16-20-13-24(35)31(27(14-20)45-6-2)47-17-22-9-7-8-10-23(22)34/h7-16,28,30,39-40H,5-6,17-18H2,1-4H3,(H2,37,38,42)/b36-16-/t28-,30-/m1/s1. The van der Waals surface area contributed by atoms with Crippen LogP contribution < -0.4 is 35.0 Å². The molecule has 3 aromatic carbocycles. The van der Waals surface area contributed by atoms with Crippen LogP contribution in [0.5, 0.6) is 23.0 Å². The molecule has 0 aliphatic carbocycles. The average molecular weight is 688 g/mol. The quantitative estimate of drug-likeness (QED) is 0.0705. The minimum absolute atomic E-state index is 0.187. The monoisotopic (exact) mass is 686 g/mol. The van der Waals surface area contributed by atoms with Crippen molar-refractivity contribution >= 4 is 41.4 Å². The molecular weight excluding hydrogens is 651 g/mol. The fourth-order valence-corrected chi connectivity index (χ4v) is 5.11. The predicted octanol–water partition coefficient (Wildman–Crippen LogP) is 5.49. The molecule has 3 aromatic rings. The van der Waals surface area contributed by atoms with Gasteiger partial charge in [0.05, 0.1) is 43.2 Å². The molecule has 0 aromatic heterocycles. The Morgan fingerprint density at radius 3 is 2.47 bits per heavy atom. The first-order valence-electron chi connectivity index (χ1n) is 14.7. The molecule has 0 saturated heterocycles. The Labute approximate surface area is 282 Å². The van der Waals surface area contributed by atoms with E-state index in [1.165, 1.54) is 13.3 Å². The number of urea groups is 1. The number of aliphatic hydroxyl groups excluding tert-OH is 1. The Morgan fingerprint density at radius 2 is 1.74 bits per heavy atom. The fourth-order valence-electron chi connectivity index (χ4n) is 4.65. The molecular formula is C33H36Cl2N4O8. The molecule has 2 atom stereocenters. The molecule has 0 radical (unpaired) electrons. The number of carbonyl (C=O) groups excluding carboxylic acids is 2. The van der Waals surface area contributed by atoms with E-state index in [2.05, 4.69) is 21.2 Å². The Balaban J connectivity index is 1.40. The lowest BCUT2D eigenvalue weighted by molar-refractivity contribution is -0.136. The first kappa shape index (κ1) is 35.2. The summed E-state index contributed by atoms with van der Waals surface area (Å²) in [6.45, 7) is 5.99. The van der Waals surface area contributed by atoms with Crippen molar-refractivity contribution in [3.05, 3.63) is 92.6 Å². The maximum atomic E-state index is 12.5. The molecule has 1 aliphatic heterocycles. The highest BCUT2D eigenvalue weighted by molar-refractivity contribution is 6.32. The summed E-state index contributed by atoms with van der Waals surface area (Å²) in [5.74, 6) is 0.907. The number of hydrogen-bond donors (Lipinski definition) is 4. The van der Waals surface area contributed by atoms with Crippen LogP contribution in [0.3, 0.4) is 0 Å². The second kappa shape index (κ2) is 16.8. The first-order valence-corrected chi connectivity index (χ1v) is 15.5. The number of esters is 1. The van der Waals surface area contributed by atoms with Gasteiger partial charge in [-0.15, -0.1) is 0 Å². The van der Waals surface area contributed by atoms with Crippen LogP contribution in [0.2, 0.25) is 10.0 Å². The summed E-state index contributed by atoms with van der Waals surface area (Å²) in [5.41, 5.74) is 5.22. The molecule has 250 valence electrons. The summed E-state index contributed by atoms with van der Waals surface area (Å²) in [6, 6.07) is 14.5. The lowest BCUT2D eigenvalue weighted by Crippen LogP contribution is -2.45. The van der Waals surface area contributed by atoms with Gasteiger partial charge >= 0.3 is 12.0 Å². The molecule has 4 rings (SSSR count). The van der Waals surface area contributed by atoms with Crippen LogP contribution >= 0.6 is 23.2 Å². The van der Waals surface area contributed by atoms with Crippen LogP contribution in [0, 0.1) is 0 Å². The summed E-state index contributed by atoms with van der Waals surface area (Å²) in [7, 11) is 1.27. The van der Waals surface area contributed by atoms with Crippen LogP contribution in [0.15, 0.2) is 71.0 Å². The van der Waals surface area contributed by atoms with Crippen LogP contribution in [0.25, 0.3) is 0 Å². The van der Waals surface area contributed by atoms with Gasteiger partial charge in [-0.2, -0.15) is 5.10 Å². The van der Waals surface area contributed by atoms with Crippen LogP contribution in [0.1, 0.15) is 43.5 Å². The van der Waals surface area contributed by atoms with E-state index in [-0.39, 0.29) is 18.8 Å². The van der Waals surface area contributed by atoms with Gasteiger partial charge in [-0.05, 0) is 62.2 Å². The van der Waals surface area contributed by atoms with Crippen LogP contribution in [-0.4, -0.2) is 56.5 Å². The Morgan fingerprint density at radius 1 is 1.00 bits per heavy atom. The van der Waals surface area contributed by atoms with Gasteiger partial charge in [-0.3, -0.25) is 5.43 Å². The van der Waals surface area contributed by atoms with Crippen molar-refractivity contribution < 1.29 is 38.4 Å². The van der Waals surface area contributed by atoms with Gasteiger partial charge in [0.2, 0.25) is 0 Å². The molecule has 0 bridgehead atoms. The summed E-state index contributed by atoms with van der Waals surface area (Å²) in [4.78, 5) is 24.6. The largest absolute Gasteiger partial charge is 0.490 e. The summed E-state index contributed by atoms with van der Waals surface area (Å²) < 4.78 is 28.2. The Kier molecular flexibility index (Phi) is 12.6. The van der Waals surface area contributed by atoms with Gasteiger partial charge < -0.3 is 39.4 Å². The lowest BCUT2D eigenvalue weighted by Gasteiger charge is -2.28. The summed E-state index contributed by atoms with van der Waals surface area (Å²) >= 11 is 12.8. The summed E-state index contributed by atoms with van der Waals surface area (Å²) in [5, 5.41) is 20.8. The second-order valence-electron chi connectivity index (χ2n) is 10.1. The Hall–Kier alpha value is -4.65. The third-order valence-corrected chi connectivity index (χ3v) is 7.42. The van der Waals surface area contributed by atoms with E-state index in [0.29, 0.717) is 63.1 Å². The van der Waals surface area contributed by atoms with Crippen LogP contribution in [-0.2, 0) is 16.1 Å². The second-order valence-corrected chi connectivity index (χ2v) is 10.9. The molecule has 0 fully saturated rings. The van der Waals surface area contributed by atoms with Crippen molar-refractivity contribution in [2.75, 3.05) is 26.9 Å². The Bertz CT molecular complexity index is 1650. The van der Waals surface area contributed by atoms with Gasteiger partial charge in [0, 0.05) is 16.3 Å². The zero-order valence-electron chi connectivity index (χ0n) is 26.3. The van der Waals surface area contributed by atoms with Gasteiger partial charge in [-0.1, -0.05) is 47.5 Å². The number of nitrogens with zero attached hydrogens (tertiary/aromatic N) is 1. The number of benzene rings is 3. The molecule has 0 spiro atoms. The first-order chi connectivity index (χ1) is 22.6. The minimum Gasteiger partial charge on any atom is -0.490 e. The third-order valence-electron chi connectivity index (χ3n) is 6.77. The van der Waals surface area contributed by atoms with E-state index in [9.17, 15) is 14.7 Å². The van der Waals surface area contributed by atoms with E-state index in [4.69, 9.17) is 46.9 Å². The van der Waals surface area contributed by atoms with Crippen molar-refractivity contribution in [3.63, 3.8) is 0 Å². The zero-order chi connectivity index (χ0) is 33.9. The zero-order valence-corrected chi connectivity index (χ0v) is 27.8. The number of amides is 2. The van der Waals surface area contributed by atoms with E-state index in [1.54, 1.807) is 50.2 Å². The molecule has 1 aliphatic rings. The van der Waals surface area contributed by atoms with Gasteiger partial charge in [0.25, 0.3) is 0 Å². The molecule has 0 unspecified atom stereocenters. The highest BCUT2D eigenvalue weighted by atomic mass is 35.5. The van der Waals surface area contributed by atoms with Gasteiger partial charge in [0.1, 0.15) is 13.2 Å². The highest BCUT2D eigenvalue weighted by Gasteiger charge is 2.32. The van der Waals surface area contributed by atoms with Gasteiger partial charge in [0.15, 0.2) is 29.2 Å². The highest BCUT2D eigenvalue weighted by Crippen LogP contribution is 2.38. The number of hydrazone groups is 1. The minimum atomic E-state index is -1.19. The maximum absolute atomic E-state index is 12.5. The predicted molar refractivity (Wildman–Crippen MR) is 177 cm³/mol. The fraction of sp³-hybridized carbons (Fsp3) is 0.303. The maximum Gasteiger partial charge on any atom is 0.337 e. The van der Waals surface area contributed by atoms with E-state index in [0.717, 1.165) is 5.56 Å². The molecule has 47 heavy (non-hydrogen) atoms. The molecule has 2 amide bonds. The molecule has 12 nitrogen and oxygen atoms in total. The molecule has 0 saturated carbocycles. The lowest BCUT2D eigenvalue weighted by atomic mass is 9.95. The number of ether oxygens (including phenoxy) is 5. The molecule has 14 heteroatoms. The number of allylic oxidation sites excluding steroid dienone is 1. The number of rotatable bonds is 15. The van der Waals surface area contributed by atoms with E-state index < -0.39 is 24.3 Å². The SMILES string of the molecule is CCOc1cc([C@H]2NC(=O)NC(C)=C2C(=O)OC)ccc1OC[C@@H](O)N/N=C\c1cc(Cl)c(OCc2ccccc2Cl)c(OCC)c1. The number of halogens is 2. The molecule has 1 heterocycles. The van der Waals surface area contributed by atoms with Crippen molar-refractivity contribution in [1.29, 1.82) is 0 Å². The van der Waals surface area contributed by atoms with Crippen molar-refractivity contribution in [1.82, 2.24) is 16.1 Å². The normalized spacial score (nSPS) is 15.0.